The molecular weight excluding hydrogens is 510 g/mol. The third kappa shape index (κ3) is 3.88. The quantitative estimate of drug-likeness (QED) is 0.490. The topological polar surface area (TPSA) is 114 Å². The van der Waals surface area contributed by atoms with Gasteiger partial charge in [0, 0.05) is 41.3 Å². The van der Waals surface area contributed by atoms with Crippen LogP contribution in [0.3, 0.4) is 0 Å². The number of carbonyl (C=O) groups is 4. The van der Waals surface area contributed by atoms with Crippen LogP contribution in [0.25, 0.3) is 10.8 Å². The lowest BCUT2D eigenvalue weighted by atomic mass is 9.69. The molecule has 0 radical (unpaired) electrons. The molecule has 2 saturated heterocycles. The predicted octanol–water partition coefficient (Wildman–Crippen LogP) is 3.95. The molecule has 7 rings (SSSR count). The van der Waals surface area contributed by atoms with Gasteiger partial charge in [0.15, 0.2) is 5.75 Å². The predicted molar refractivity (Wildman–Crippen MR) is 146 cm³/mol. The number of anilines is 1. The summed E-state index contributed by atoms with van der Waals surface area (Å²) in [6, 6.07) is 8.54. The van der Waals surface area contributed by atoms with Crippen LogP contribution in [0.1, 0.15) is 68.3 Å². The van der Waals surface area contributed by atoms with Crippen molar-refractivity contribution in [3.63, 3.8) is 0 Å². The van der Waals surface area contributed by atoms with Crippen LogP contribution in [-0.2, 0) is 14.4 Å². The Bertz CT molecular complexity index is 1570. The Kier molecular flexibility index (Phi) is 5.69. The lowest BCUT2D eigenvalue weighted by Gasteiger charge is -2.43. The van der Waals surface area contributed by atoms with Gasteiger partial charge in [0.25, 0.3) is 5.91 Å². The van der Waals surface area contributed by atoms with Crippen molar-refractivity contribution in [1.29, 1.82) is 0 Å². The van der Waals surface area contributed by atoms with Crippen molar-refractivity contribution >= 4 is 40.1 Å². The summed E-state index contributed by atoms with van der Waals surface area (Å²) in [5, 5.41) is 8.42. The van der Waals surface area contributed by atoms with Crippen LogP contribution >= 0.6 is 0 Å². The van der Waals surface area contributed by atoms with Crippen molar-refractivity contribution in [3.05, 3.63) is 48.3 Å². The number of imide groups is 1. The van der Waals surface area contributed by atoms with Crippen LogP contribution in [0.2, 0.25) is 0 Å². The Hall–Kier alpha value is -4.21. The maximum atomic E-state index is 13.4. The van der Waals surface area contributed by atoms with Gasteiger partial charge in [0.1, 0.15) is 11.8 Å². The van der Waals surface area contributed by atoms with Gasteiger partial charge in [-0.25, -0.2) is 0 Å². The van der Waals surface area contributed by atoms with E-state index in [-0.39, 0.29) is 36.1 Å². The van der Waals surface area contributed by atoms with Crippen molar-refractivity contribution in [2.24, 2.45) is 5.41 Å². The smallest absolute Gasteiger partial charge is 0.259 e. The highest BCUT2D eigenvalue weighted by atomic mass is 16.5. The second kappa shape index (κ2) is 9.18. The van der Waals surface area contributed by atoms with Gasteiger partial charge in [-0.2, -0.15) is 5.10 Å². The number of nitrogens with one attached hydrogen (secondary N) is 1. The minimum absolute atomic E-state index is 0.164. The fraction of sp³-hybridized carbons (Fsp3) is 0.433. The van der Waals surface area contributed by atoms with E-state index in [0.717, 1.165) is 56.0 Å². The molecule has 10 nitrogen and oxygen atoms in total. The molecule has 4 aliphatic rings. The molecule has 3 aromatic rings. The van der Waals surface area contributed by atoms with Crippen LogP contribution in [0.4, 0.5) is 5.69 Å². The molecule has 1 aromatic heterocycles. The zero-order valence-corrected chi connectivity index (χ0v) is 22.4. The molecule has 1 atom stereocenters. The van der Waals surface area contributed by atoms with Crippen LogP contribution in [0.15, 0.2) is 42.7 Å². The highest BCUT2D eigenvalue weighted by molar-refractivity contribution is 6.27. The number of ether oxygens (including phenoxy) is 1. The first kappa shape index (κ1) is 24.8. The number of benzene rings is 2. The molecule has 4 heterocycles. The number of likely N-dealkylation sites (tertiary alicyclic amines) is 1. The lowest BCUT2D eigenvalue weighted by Crippen LogP contribution is -2.53. The molecule has 3 aliphatic heterocycles. The minimum Gasteiger partial charge on any atom is -0.453 e. The second-order valence-electron chi connectivity index (χ2n) is 11.6. The third-order valence-electron chi connectivity index (χ3n) is 9.11. The van der Waals surface area contributed by atoms with Crippen LogP contribution in [0.5, 0.6) is 11.5 Å². The zero-order valence-electron chi connectivity index (χ0n) is 22.4. The van der Waals surface area contributed by atoms with Crippen molar-refractivity contribution in [2.45, 2.75) is 64.0 Å². The first-order valence-corrected chi connectivity index (χ1v) is 14.1. The Morgan fingerprint density at radius 3 is 2.60 bits per heavy atom. The van der Waals surface area contributed by atoms with E-state index in [4.69, 9.17) is 4.74 Å². The molecule has 40 heavy (non-hydrogen) atoms. The number of hydrogen-bond acceptors (Lipinski definition) is 6. The summed E-state index contributed by atoms with van der Waals surface area (Å²) in [6.07, 6.45) is 8.89. The molecule has 1 unspecified atom stereocenters. The molecule has 2 aromatic carbocycles. The van der Waals surface area contributed by atoms with E-state index in [1.165, 1.54) is 4.90 Å². The van der Waals surface area contributed by atoms with Crippen molar-refractivity contribution in [1.82, 2.24) is 20.0 Å². The third-order valence-corrected chi connectivity index (χ3v) is 9.11. The van der Waals surface area contributed by atoms with Crippen molar-refractivity contribution in [3.8, 4) is 11.5 Å². The standard InChI is InChI=1S/C30H31N5O5/c1-30(12-3-13-30)29(39)33-14-10-18(11-15-33)34-17-19(16-31-34)40-24-8-6-22-26-20(24)4-2-5-21(26)28(38)35(22)23-7-9-25(36)32-27(23)37/h2,4-6,8,16-18,23H,3,7,9-15H2,1H3,(H,32,36,37). The number of rotatable bonds is 5. The Balaban J connectivity index is 1.09. The van der Waals surface area contributed by atoms with E-state index in [1.807, 2.05) is 27.9 Å². The fourth-order valence-corrected chi connectivity index (χ4v) is 6.64. The zero-order chi connectivity index (χ0) is 27.6. The van der Waals surface area contributed by atoms with Crippen LogP contribution < -0.4 is 15.0 Å². The number of amides is 4. The van der Waals surface area contributed by atoms with Gasteiger partial charge in [0.2, 0.25) is 17.7 Å². The summed E-state index contributed by atoms with van der Waals surface area (Å²) in [4.78, 5) is 54.0. The highest BCUT2D eigenvalue weighted by Crippen LogP contribution is 2.45. The number of carbonyl (C=O) groups excluding carboxylic acids is 4. The minimum atomic E-state index is -0.732. The maximum Gasteiger partial charge on any atom is 0.259 e. The molecule has 0 spiro atoms. The largest absolute Gasteiger partial charge is 0.453 e. The molecule has 1 aliphatic carbocycles. The second-order valence-corrected chi connectivity index (χ2v) is 11.6. The van der Waals surface area contributed by atoms with Gasteiger partial charge in [0.05, 0.1) is 24.1 Å². The average Bonchev–Trinajstić information content (AvgIpc) is 3.52. The molecule has 10 heteroatoms. The summed E-state index contributed by atoms with van der Waals surface area (Å²) >= 11 is 0. The van der Waals surface area contributed by atoms with Gasteiger partial charge in [-0.3, -0.25) is 34.1 Å². The van der Waals surface area contributed by atoms with Gasteiger partial charge in [-0.1, -0.05) is 25.5 Å². The summed E-state index contributed by atoms with van der Waals surface area (Å²) in [7, 11) is 0. The number of piperidine rings is 2. The summed E-state index contributed by atoms with van der Waals surface area (Å²) < 4.78 is 8.20. The Morgan fingerprint density at radius 2 is 1.88 bits per heavy atom. The highest BCUT2D eigenvalue weighted by Gasteiger charge is 2.43. The Morgan fingerprint density at radius 1 is 1.07 bits per heavy atom. The van der Waals surface area contributed by atoms with E-state index in [2.05, 4.69) is 17.3 Å². The van der Waals surface area contributed by atoms with Gasteiger partial charge < -0.3 is 9.64 Å². The van der Waals surface area contributed by atoms with Gasteiger partial charge in [-0.05, 0) is 50.3 Å². The van der Waals surface area contributed by atoms with E-state index in [9.17, 15) is 19.2 Å². The van der Waals surface area contributed by atoms with Crippen LogP contribution in [-0.4, -0.2) is 57.4 Å². The van der Waals surface area contributed by atoms with Crippen LogP contribution in [0, 0.1) is 5.41 Å². The first-order chi connectivity index (χ1) is 19.3. The molecule has 206 valence electrons. The van der Waals surface area contributed by atoms with E-state index >= 15 is 0 Å². The monoisotopic (exact) mass is 541 g/mol. The molecule has 0 bridgehead atoms. The van der Waals surface area contributed by atoms with Gasteiger partial charge >= 0.3 is 0 Å². The fourth-order valence-electron chi connectivity index (χ4n) is 6.64. The molecule has 1 saturated carbocycles. The summed E-state index contributed by atoms with van der Waals surface area (Å²) in [5.74, 6) is 0.451. The number of hydrogen-bond donors (Lipinski definition) is 1. The molecular formula is C30H31N5O5. The first-order valence-electron chi connectivity index (χ1n) is 14.1. The number of nitrogens with zero attached hydrogens (tertiary/aromatic N) is 4. The van der Waals surface area contributed by atoms with Crippen molar-refractivity contribution < 1.29 is 23.9 Å². The molecule has 4 amide bonds. The Labute approximate surface area is 231 Å². The van der Waals surface area contributed by atoms with E-state index < -0.39 is 11.9 Å². The SMILES string of the molecule is CC1(C(=O)N2CCC(n3cc(Oc4ccc5c6c(cccc46)C(=O)N5C4CCC(=O)NC4=O)cn3)CC2)CCC1. The summed E-state index contributed by atoms with van der Waals surface area (Å²) in [5.41, 5.74) is 0.989. The summed E-state index contributed by atoms with van der Waals surface area (Å²) in [6.45, 7) is 3.56. The molecule has 1 N–H and O–H groups in total. The lowest BCUT2D eigenvalue weighted by molar-refractivity contribution is -0.147. The van der Waals surface area contributed by atoms with Gasteiger partial charge in [-0.15, -0.1) is 0 Å². The number of aromatic nitrogens is 2. The van der Waals surface area contributed by atoms with Crippen molar-refractivity contribution in [2.75, 3.05) is 18.0 Å². The molecule has 3 fully saturated rings. The van der Waals surface area contributed by atoms with E-state index in [0.29, 0.717) is 28.7 Å². The average molecular weight is 542 g/mol. The normalized spacial score (nSPS) is 22.4. The maximum absolute atomic E-state index is 13.4. The van der Waals surface area contributed by atoms with E-state index in [1.54, 1.807) is 24.4 Å².